The number of fused-ring (bicyclic) bond motifs is 1. The quantitative estimate of drug-likeness (QED) is 0.623. The van der Waals surface area contributed by atoms with Gasteiger partial charge in [-0.2, -0.15) is 0 Å². The molecule has 0 saturated heterocycles. The molecule has 0 radical (unpaired) electrons. The Balaban J connectivity index is 2.30. The number of anilines is 1. The second-order valence-corrected chi connectivity index (χ2v) is 4.26. The van der Waals surface area contributed by atoms with Crippen LogP contribution in [0.15, 0.2) is 18.2 Å². The summed E-state index contributed by atoms with van der Waals surface area (Å²) in [5, 5.41) is 11.6. The van der Waals surface area contributed by atoms with Gasteiger partial charge in [-0.05, 0) is 30.2 Å². The number of hydrogen-bond acceptors (Lipinski definition) is 3. The van der Waals surface area contributed by atoms with Crippen molar-refractivity contribution < 1.29 is 19.5 Å². The van der Waals surface area contributed by atoms with Crippen molar-refractivity contribution in [2.75, 3.05) is 5.32 Å². The molecule has 0 aliphatic carbocycles. The van der Waals surface area contributed by atoms with Crippen LogP contribution in [-0.2, 0) is 16.0 Å². The Morgan fingerprint density at radius 3 is 2.78 bits per heavy atom. The molecule has 1 atom stereocenters. The van der Waals surface area contributed by atoms with Crippen molar-refractivity contribution in [3.8, 4) is 0 Å². The van der Waals surface area contributed by atoms with Crippen molar-refractivity contribution in [3.05, 3.63) is 29.3 Å². The molecular formula is C13H13NO4. The van der Waals surface area contributed by atoms with Crippen LogP contribution < -0.4 is 5.32 Å². The second kappa shape index (κ2) is 4.60. The first-order valence-electron chi connectivity index (χ1n) is 5.72. The SMILES string of the molecule is CCC(C(=O)O)C(=O)c1ccc2c(c1)CC(=O)N2. The predicted molar refractivity (Wildman–Crippen MR) is 64.5 cm³/mol. The van der Waals surface area contributed by atoms with Crippen LogP contribution in [0.25, 0.3) is 0 Å². The molecule has 0 saturated carbocycles. The van der Waals surface area contributed by atoms with E-state index in [0.29, 0.717) is 11.3 Å². The highest BCUT2D eigenvalue weighted by Crippen LogP contribution is 2.25. The summed E-state index contributed by atoms with van der Waals surface area (Å²) in [6, 6.07) is 4.79. The molecule has 1 unspecified atom stereocenters. The minimum atomic E-state index is -1.11. The number of benzene rings is 1. The molecule has 0 aromatic heterocycles. The lowest BCUT2D eigenvalue weighted by Gasteiger charge is -2.09. The number of Topliss-reactive ketones (excluding diaryl/α,β-unsaturated/α-hetero) is 1. The van der Waals surface area contributed by atoms with Crippen molar-refractivity contribution in [1.82, 2.24) is 0 Å². The zero-order valence-electron chi connectivity index (χ0n) is 9.90. The van der Waals surface area contributed by atoms with Crippen molar-refractivity contribution in [3.63, 3.8) is 0 Å². The summed E-state index contributed by atoms with van der Waals surface area (Å²) in [5.74, 6) is -2.66. The summed E-state index contributed by atoms with van der Waals surface area (Å²) in [4.78, 5) is 34.1. The number of amides is 1. The topological polar surface area (TPSA) is 83.5 Å². The van der Waals surface area contributed by atoms with Gasteiger partial charge in [0.05, 0.1) is 6.42 Å². The van der Waals surface area contributed by atoms with Gasteiger partial charge in [-0.3, -0.25) is 14.4 Å². The first-order chi connectivity index (χ1) is 8.52. The Hall–Kier alpha value is -2.17. The van der Waals surface area contributed by atoms with E-state index in [2.05, 4.69) is 5.32 Å². The summed E-state index contributed by atoms with van der Waals surface area (Å²) in [6.45, 7) is 1.66. The molecule has 5 heteroatoms. The van der Waals surface area contributed by atoms with Gasteiger partial charge >= 0.3 is 5.97 Å². The van der Waals surface area contributed by atoms with Gasteiger partial charge in [0, 0.05) is 11.3 Å². The number of carbonyl (C=O) groups excluding carboxylic acids is 2. The van der Waals surface area contributed by atoms with Crippen LogP contribution in [0.2, 0.25) is 0 Å². The van der Waals surface area contributed by atoms with E-state index in [1.165, 1.54) is 0 Å². The summed E-state index contributed by atoms with van der Waals surface area (Å²) >= 11 is 0. The maximum absolute atomic E-state index is 12.0. The fourth-order valence-corrected chi connectivity index (χ4v) is 2.06. The first-order valence-corrected chi connectivity index (χ1v) is 5.72. The Kier molecular flexibility index (Phi) is 3.14. The highest BCUT2D eigenvalue weighted by Gasteiger charge is 2.27. The lowest BCUT2D eigenvalue weighted by molar-refractivity contribution is -0.140. The molecule has 94 valence electrons. The van der Waals surface area contributed by atoms with E-state index in [4.69, 9.17) is 5.11 Å². The summed E-state index contributed by atoms with van der Waals surface area (Å²) in [6.07, 6.45) is 0.489. The molecule has 1 aromatic rings. The summed E-state index contributed by atoms with van der Waals surface area (Å²) < 4.78 is 0. The van der Waals surface area contributed by atoms with E-state index < -0.39 is 17.7 Å². The fourth-order valence-electron chi connectivity index (χ4n) is 2.06. The minimum Gasteiger partial charge on any atom is -0.481 e. The third kappa shape index (κ3) is 2.11. The molecular weight excluding hydrogens is 234 g/mol. The van der Waals surface area contributed by atoms with Gasteiger partial charge in [0.25, 0.3) is 0 Å². The van der Waals surface area contributed by atoms with Gasteiger partial charge in [0.2, 0.25) is 5.91 Å². The van der Waals surface area contributed by atoms with E-state index in [1.54, 1.807) is 25.1 Å². The molecule has 1 heterocycles. The highest BCUT2D eigenvalue weighted by molar-refractivity contribution is 6.09. The third-order valence-corrected chi connectivity index (χ3v) is 3.04. The fraction of sp³-hybridized carbons (Fsp3) is 0.308. The maximum Gasteiger partial charge on any atom is 0.314 e. The summed E-state index contributed by atoms with van der Waals surface area (Å²) in [5.41, 5.74) is 1.78. The highest BCUT2D eigenvalue weighted by atomic mass is 16.4. The molecule has 18 heavy (non-hydrogen) atoms. The molecule has 2 N–H and O–H groups in total. The van der Waals surface area contributed by atoms with Crippen LogP contribution in [0.4, 0.5) is 5.69 Å². The molecule has 0 bridgehead atoms. The normalized spacial score (nSPS) is 14.8. The smallest absolute Gasteiger partial charge is 0.314 e. The Labute approximate surface area is 104 Å². The average Bonchev–Trinajstić information content (AvgIpc) is 2.68. The van der Waals surface area contributed by atoms with Crippen molar-refractivity contribution in [1.29, 1.82) is 0 Å². The molecule has 0 fully saturated rings. The lowest BCUT2D eigenvalue weighted by Crippen LogP contribution is -2.23. The van der Waals surface area contributed by atoms with Gasteiger partial charge in [0.15, 0.2) is 5.78 Å². The summed E-state index contributed by atoms with van der Waals surface area (Å²) in [7, 11) is 0. The van der Waals surface area contributed by atoms with Gasteiger partial charge in [-0.25, -0.2) is 0 Å². The van der Waals surface area contributed by atoms with Crippen molar-refractivity contribution in [2.45, 2.75) is 19.8 Å². The van der Waals surface area contributed by atoms with Crippen LogP contribution in [-0.4, -0.2) is 22.8 Å². The number of aliphatic carboxylic acids is 1. The lowest BCUT2D eigenvalue weighted by atomic mass is 9.94. The van der Waals surface area contributed by atoms with E-state index in [9.17, 15) is 14.4 Å². The molecule has 1 aliphatic rings. The van der Waals surface area contributed by atoms with Crippen LogP contribution in [0.5, 0.6) is 0 Å². The number of hydrogen-bond donors (Lipinski definition) is 2. The van der Waals surface area contributed by atoms with Crippen LogP contribution in [0.3, 0.4) is 0 Å². The number of carbonyl (C=O) groups is 3. The Morgan fingerprint density at radius 1 is 1.44 bits per heavy atom. The largest absolute Gasteiger partial charge is 0.481 e. The van der Waals surface area contributed by atoms with E-state index in [0.717, 1.165) is 5.56 Å². The molecule has 5 nitrogen and oxygen atoms in total. The zero-order valence-corrected chi connectivity index (χ0v) is 9.90. The molecule has 1 aromatic carbocycles. The third-order valence-electron chi connectivity index (χ3n) is 3.04. The molecule has 2 rings (SSSR count). The Morgan fingerprint density at radius 2 is 2.17 bits per heavy atom. The van der Waals surface area contributed by atoms with E-state index >= 15 is 0 Å². The number of nitrogens with one attached hydrogen (secondary N) is 1. The number of rotatable bonds is 4. The van der Waals surface area contributed by atoms with E-state index in [1.807, 2.05) is 0 Å². The minimum absolute atomic E-state index is 0.111. The number of ketones is 1. The first kappa shape index (κ1) is 12.3. The van der Waals surface area contributed by atoms with Crippen LogP contribution in [0.1, 0.15) is 29.3 Å². The second-order valence-electron chi connectivity index (χ2n) is 4.26. The zero-order chi connectivity index (χ0) is 13.3. The van der Waals surface area contributed by atoms with Gasteiger partial charge in [-0.1, -0.05) is 6.92 Å². The van der Waals surface area contributed by atoms with Gasteiger partial charge < -0.3 is 10.4 Å². The van der Waals surface area contributed by atoms with Crippen molar-refractivity contribution in [2.24, 2.45) is 5.92 Å². The predicted octanol–water partition coefficient (Wildman–Crippen LogP) is 1.47. The van der Waals surface area contributed by atoms with Crippen LogP contribution >= 0.6 is 0 Å². The van der Waals surface area contributed by atoms with Gasteiger partial charge in [0.1, 0.15) is 5.92 Å². The molecule has 1 aliphatic heterocycles. The molecule has 1 amide bonds. The Bertz CT molecular complexity index is 536. The maximum atomic E-state index is 12.0. The van der Waals surface area contributed by atoms with Crippen LogP contribution in [0, 0.1) is 5.92 Å². The number of carboxylic acid groups (broad SMARTS) is 1. The average molecular weight is 247 g/mol. The monoisotopic (exact) mass is 247 g/mol. The molecule has 0 spiro atoms. The van der Waals surface area contributed by atoms with Crippen molar-refractivity contribution >= 4 is 23.3 Å². The van der Waals surface area contributed by atoms with Gasteiger partial charge in [-0.15, -0.1) is 0 Å². The number of carboxylic acids is 1. The van der Waals surface area contributed by atoms with E-state index in [-0.39, 0.29) is 18.7 Å². The standard InChI is InChI=1S/C13H13NO4/c1-2-9(13(17)18)12(16)7-3-4-10-8(5-7)6-11(15)14-10/h3-5,9H,2,6H2,1H3,(H,14,15)(H,17,18).